The van der Waals surface area contributed by atoms with E-state index >= 15 is 0 Å². The zero-order chi connectivity index (χ0) is 14.0. The number of ether oxygens (including phenoxy) is 2. The predicted octanol–water partition coefficient (Wildman–Crippen LogP) is 2.10. The van der Waals surface area contributed by atoms with Crippen molar-refractivity contribution in [1.29, 1.82) is 0 Å². The highest BCUT2D eigenvalue weighted by Gasteiger charge is 2.40. The summed E-state index contributed by atoms with van der Waals surface area (Å²) in [5, 5.41) is 0.172. The first-order valence-electron chi connectivity index (χ1n) is 7.16. The van der Waals surface area contributed by atoms with Crippen molar-refractivity contribution in [3.8, 4) is 0 Å². The minimum Gasteiger partial charge on any atom is -0.399 e. The van der Waals surface area contributed by atoms with E-state index in [0.717, 1.165) is 43.8 Å². The highest BCUT2D eigenvalue weighted by molar-refractivity contribution is 7.85. The number of anilines is 1. The van der Waals surface area contributed by atoms with E-state index in [4.69, 9.17) is 15.2 Å². The molecule has 2 unspecified atom stereocenters. The largest absolute Gasteiger partial charge is 0.399 e. The second-order valence-corrected chi connectivity index (χ2v) is 7.36. The summed E-state index contributed by atoms with van der Waals surface area (Å²) in [6.07, 6.45) is 3.57. The van der Waals surface area contributed by atoms with E-state index in [1.165, 1.54) is 0 Å². The van der Waals surface area contributed by atoms with Gasteiger partial charge in [0.15, 0.2) is 0 Å². The van der Waals surface area contributed by atoms with Crippen LogP contribution in [0.2, 0.25) is 0 Å². The number of rotatable bonds is 2. The van der Waals surface area contributed by atoms with Crippen LogP contribution in [0.25, 0.3) is 0 Å². The lowest BCUT2D eigenvalue weighted by Crippen LogP contribution is -2.46. The van der Waals surface area contributed by atoms with Crippen molar-refractivity contribution in [1.82, 2.24) is 0 Å². The summed E-state index contributed by atoms with van der Waals surface area (Å²) in [6.45, 7) is 2.20. The number of hydrogen-bond acceptors (Lipinski definition) is 4. The first-order valence-corrected chi connectivity index (χ1v) is 8.38. The van der Waals surface area contributed by atoms with Gasteiger partial charge in [0.1, 0.15) is 0 Å². The Kier molecular flexibility index (Phi) is 4.10. The molecule has 20 heavy (non-hydrogen) atoms. The van der Waals surface area contributed by atoms with Crippen molar-refractivity contribution < 1.29 is 13.7 Å². The second-order valence-electron chi connectivity index (χ2n) is 5.63. The van der Waals surface area contributed by atoms with Crippen molar-refractivity contribution in [2.75, 3.05) is 25.6 Å². The molecule has 0 saturated carbocycles. The van der Waals surface area contributed by atoms with E-state index in [1.54, 1.807) is 0 Å². The molecule has 110 valence electrons. The van der Waals surface area contributed by atoms with E-state index < -0.39 is 10.8 Å². The summed E-state index contributed by atoms with van der Waals surface area (Å²) in [6, 6.07) is 7.38. The van der Waals surface area contributed by atoms with Crippen LogP contribution >= 0.6 is 0 Å². The van der Waals surface area contributed by atoms with Crippen LogP contribution in [0.3, 0.4) is 0 Å². The topological polar surface area (TPSA) is 61.6 Å². The molecule has 2 atom stereocenters. The maximum atomic E-state index is 12.7. The Morgan fingerprint density at radius 2 is 1.85 bits per heavy atom. The van der Waals surface area contributed by atoms with Gasteiger partial charge in [-0.1, -0.05) is 0 Å². The molecule has 2 saturated heterocycles. The Balaban J connectivity index is 1.73. The Morgan fingerprint density at radius 3 is 2.55 bits per heavy atom. The number of nitrogens with two attached hydrogens (primary N) is 1. The monoisotopic (exact) mass is 295 g/mol. The van der Waals surface area contributed by atoms with Crippen LogP contribution in [0, 0.1) is 0 Å². The van der Waals surface area contributed by atoms with Crippen LogP contribution in [0.15, 0.2) is 29.2 Å². The minimum absolute atomic E-state index is 0.107. The molecule has 0 aromatic heterocycles. The highest BCUT2D eigenvalue weighted by atomic mass is 32.2. The van der Waals surface area contributed by atoms with Crippen LogP contribution in [0.5, 0.6) is 0 Å². The molecular formula is C15H21NO3S. The van der Waals surface area contributed by atoms with E-state index in [0.29, 0.717) is 12.3 Å². The first-order chi connectivity index (χ1) is 9.69. The SMILES string of the molecule is Nc1ccc(S(=O)C2CCOC3(CCOCC3)C2)cc1. The molecule has 0 amide bonds. The molecule has 2 aliphatic rings. The summed E-state index contributed by atoms with van der Waals surface area (Å²) in [5.41, 5.74) is 6.28. The predicted molar refractivity (Wildman–Crippen MR) is 79.0 cm³/mol. The van der Waals surface area contributed by atoms with Gasteiger partial charge in [0, 0.05) is 35.7 Å². The third kappa shape index (κ3) is 2.90. The normalized spacial score (nSPS) is 27.3. The van der Waals surface area contributed by atoms with Crippen LogP contribution in [0.4, 0.5) is 5.69 Å². The van der Waals surface area contributed by atoms with E-state index in [1.807, 2.05) is 24.3 Å². The Labute approximate surface area is 122 Å². The fourth-order valence-corrected chi connectivity index (χ4v) is 4.61. The minimum atomic E-state index is -0.982. The highest BCUT2D eigenvalue weighted by Crippen LogP contribution is 2.37. The Bertz CT molecular complexity index is 477. The smallest absolute Gasteiger partial charge is 0.0738 e. The molecule has 2 heterocycles. The molecule has 1 aromatic rings. The summed E-state index contributed by atoms with van der Waals surface area (Å²) < 4.78 is 24.1. The van der Waals surface area contributed by atoms with Gasteiger partial charge >= 0.3 is 0 Å². The summed E-state index contributed by atoms with van der Waals surface area (Å²) in [7, 11) is -0.982. The number of benzene rings is 1. The van der Waals surface area contributed by atoms with Gasteiger partial charge in [0.2, 0.25) is 0 Å². The van der Waals surface area contributed by atoms with Crippen LogP contribution in [0.1, 0.15) is 25.7 Å². The Morgan fingerprint density at radius 1 is 1.15 bits per heavy atom. The van der Waals surface area contributed by atoms with Gasteiger partial charge in [0.25, 0.3) is 0 Å². The number of nitrogen functional groups attached to an aromatic ring is 1. The van der Waals surface area contributed by atoms with Gasteiger partial charge in [0.05, 0.1) is 16.4 Å². The van der Waals surface area contributed by atoms with Crippen molar-refractivity contribution in [2.24, 2.45) is 0 Å². The maximum absolute atomic E-state index is 12.7. The molecule has 2 aliphatic heterocycles. The first kappa shape index (κ1) is 14.0. The third-order valence-electron chi connectivity index (χ3n) is 4.27. The van der Waals surface area contributed by atoms with Crippen molar-refractivity contribution in [3.05, 3.63) is 24.3 Å². The third-order valence-corrected chi connectivity index (χ3v) is 6.01. The molecule has 2 fully saturated rings. The van der Waals surface area contributed by atoms with Gasteiger partial charge in [-0.2, -0.15) is 0 Å². The fourth-order valence-electron chi connectivity index (χ4n) is 3.05. The average Bonchev–Trinajstić information content (AvgIpc) is 2.48. The van der Waals surface area contributed by atoms with E-state index in [2.05, 4.69) is 0 Å². The summed E-state index contributed by atoms with van der Waals surface area (Å²) >= 11 is 0. The van der Waals surface area contributed by atoms with Gasteiger partial charge < -0.3 is 15.2 Å². The van der Waals surface area contributed by atoms with Gasteiger partial charge in [-0.05, 0) is 49.9 Å². The summed E-state index contributed by atoms with van der Waals surface area (Å²) in [5.74, 6) is 0. The van der Waals surface area contributed by atoms with Gasteiger partial charge in [-0.15, -0.1) is 0 Å². The zero-order valence-corrected chi connectivity index (χ0v) is 12.4. The summed E-state index contributed by atoms with van der Waals surface area (Å²) in [4.78, 5) is 0.869. The lowest BCUT2D eigenvalue weighted by atomic mass is 9.86. The van der Waals surface area contributed by atoms with Crippen LogP contribution < -0.4 is 5.73 Å². The average molecular weight is 295 g/mol. The zero-order valence-electron chi connectivity index (χ0n) is 11.5. The van der Waals surface area contributed by atoms with Crippen molar-refractivity contribution >= 4 is 16.5 Å². The molecular weight excluding hydrogens is 274 g/mol. The van der Waals surface area contributed by atoms with Crippen molar-refractivity contribution in [2.45, 2.75) is 41.4 Å². The van der Waals surface area contributed by atoms with E-state index in [-0.39, 0.29) is 10.9 Å². The van der Waals surface area contributed by atoms with E-state index in [9.17, 15) is 4.21 Å². The van der Waals surface area contributed by atoms with Gasteiger partial charge in [-0.3, -0.25) is 4.21 Å². The van der Waals surface area contributed by atoms with Crippen LogP contribution in [-0.4, -0.2) is 34.9 Å². The Hall–Kier alpha value is -0.910. The quantitative estimate of drug-likeness (QED) is 0.849. The van der Waals surface area contributed by atoms with Crippen LogP contribution in [-0.2, 0) is 20.3 Å². The molecule has 4 nitrogen and oxygen atoms in total. The molecule has 1 aromatic carbocycles. The molecule has 0 aliphatic carbocycles. The standard InChI is InChI=1S/C15H21NO3S/c16-12-1-3-13(4-2-12)20(17)14-5-8-19-15(11-14)6-9-18-10-7-15/h1-4,14H,5-11,16H2. The molecule has 1 spiro atoms. The lowest BCUT2D eigenvalue weighted by molar-refractivity contribution is -0.131. The molecule has 3 rings (SSSR count). The molecule has 0 radical (unpaired) electrons. The maximum Gasteiger partial charge on any atom is 0.0738 e. The van der Waals surface area contributed by atoms with Crippen molar-refractivity contribution in [3.63, 3.8) is 0 Å². The lowest BCUT2D eigenvalue weighted by Gasteiger charge is -2.43. The second kappa shape index (κ2) is 5.84. The molecule has 5 heteroatoms. The molecule has 0 bridgehead atoms. The molecule has 2 N–H and O–H groups in total. The fraction of sp³-hybridized carbons (Fsp3) is 0.600. The van der Waals surface area contributed by atoms with Gasteiger partial charge in [-0.25, -0.2) is 0 Å². The number of hydrogen-bond donors (Lipinski definition) is 1.